The molecular weight excluding hydrogens is 578 g/mol. The van der Waals surface area contributed by atoms with E-state index in [1.807, 2.05) is 0 Å². The number of carbonyl (C=O) groups excluding carboxylic acids is 1. The zero-order valence-corrected chi connectivity index (χ0v) is 22.0. The number of phenolic OH excluding ortho intramolecular Hbond substituents is 1. The number of carbonyl (C=O) groups is 2. The number of morpholine rings is 1. The van der Waals surface area contributed by atoms with Crippen LogP contribution in [0.2, 0.25) is 10.0 Å². The smallest absolute Gasteiger partial charge is 0.490 e. The van der Waals surface area contributed by atoms with Gasteiger partial charge in [0.15, 0.2) is 9.84 Å². The summed E-state index contributed by atoms with van der Waals surface area (Å²) in [5.74, 6) is -4.13. The van der Waals surface area contributed by atoms with E-state index in [0.717, 1.165) is 19.6 Å². The molecule has 9 nitrogen and oxygen atoms in total. The summed E-state index contributed by atoms with van der Waals surface area (Å²) in [6, 6.07) is 8.13. The second-order valence-corrected chi connectivity index (χ2v) is 10.8. The predicted octanol–water partition coefficient (Wildman–Crippen LogP) is 4.19. The Morgan fingerprint density at radius 3 is 2.16 bits per heavy atom. The number of benzene rings is 2. The van der Waals surface area contributed by atoms with Crippen LogP contribution in [0.5, 0.6) is 5.75 Å². The van der Waals surface area contributed by atoms with Crippen LogP contribution in [0.4, 0.5) is 13.2 Å². The van der Waals surface area contributed by atoms with Crippen LogP contribution >= 0.6 is 23.2 Å². The highest BCUT2D eigenvalue weighted by Gasteiger charge is 2.38. The second-order valence-electron chi connectivity index (χ2n) is 7.96. The average molecular weight is 602 g/mol. The van der Waals surface area contributed by atoms with Gasteiger partial charge in [0, 0.05) is 29.7 Å². The number of ether oxygens (including phenoxy) is 2. The number of aliphatic carboxylic acids is 1. The Labute approximate surface area is 226 Å². The molecule has 2 aromatic rings. The largest absolute Gasteiger partial charge is 0.507 e. The van der Waals surface area contributed by atoms with Crippen molar-refractivity contribution in [3.8, 4) is 5.75 Å². The summed E-state index contributed by atoms with van der Waals surface area (Å²) in [6.45, 7) is 4.16. The van der Waals surface area contributed by atoms with Crippen LogP contribution in [0.25, 0.3) is 0 Å². The molecule has 0 aliphatic carbocycles. The lowest BCUT2D eigenvalue weighted by Gasteiger charge is -2.26. The Bertz CT molecular complexity index is 1220. The molecule has 0 spiro atoms. The molecule has 0 bridgehead atoms. The van der Waals surface area contributed by atoms with Crippen molar-refractivity contribution in [2.75, 3.05) is 39.5 Å². The fourth-order valence-corrected chi connectivity index (χ4v) is 5.26. The number of alkyl halides is 3. The second kappa shape index (κ2) is 14.0. The van der Waals surface area contributed by atoms with E-state index in [1.54, 1.807) is 0 Å². The van der Waals surface area contributed by atoms with Crippen molar-refractivity contribution in [3.63, 3.8) is 0 Å². The van der Waals surface area contributed by atoms with E-state index >= 15 is 0 Å². The van der Waals surface area contributed by atoms with Gasteiger partial charge in [-0.25, -0.2) is 18.0 Å². The fourth-order valence-electron chi connectivity index (χ4n) is 3.21. The van der Waals surface area contributed by atoms with Gasteiger partial charge in [0.1, 0.15) is 11.3 Å². The molecule has 1 saturated heterocycles. The Kier molecular flexibility index (Phi) is 11.6. The van der Waals surface area contributed by atoms with Gasteiger partial charge in [0.25, 0.3) is 0 Å². The van der Waals surface area contributed by atoms with E-state index in [2.05, 4.69) is 4.90 Å². The van der Waals surface area contributed by atoms with Gasteiger partial charge in [-0.15, -0.1) is 0 Å². The maximum absolute atomic E-state index is 12.6. The molecule has 3 rings (SSSR count). The number of sulfone groups is 1. The minimum absolute atomic E-state index is 0.0154. The van der Waals surface area contributed by atoms with Gasteiger partial charge in [-0.2, -0.15) is 13.2 Å². The van der Waals surface area contributed by atoms with E-state index in [-0.39, 0.29) is 38.6 Å². The minimum atomic E-state index is -5.08. The lowest BCUT2D eigenvalue weighted by Crippen LogP contribution is -2.37. The van der Waals surface area contributed by atoms with Crippen molar-refractivity contribution in [1.29, 1.82) is 0 Å². The number of rotatable bonds is 8. The molecule has 38 heavy (non-hydrogen) atoms. The molecule has 0 radical (unpaired) electrons. The molecule has 1 aliphatic heterocycles. The topological polar surface area (TPSA) is 130 Å². The number of esters is 1. The first-order valence-corrected chi connectivity index (χ1v) is 13.4. The summed E-state index contributed by atoms with van der Waals surface area (Å²) in [5, 5.41) is 17.8. The lowest BCUT2D eigenvalue weighted by atomic mass is 10.1. The first-order valence-electron chi connectivity index (χ1n) is 11.0. The summed E-state index contributed by atoms with van der Waals surface area (Å²) in [4.78, 5) is 23.4. The van der Waals surface area contributed by atoms with Crippen LogP contribution in [-0.2, 0) is 29.9 Å². The van der Waals surface area contributed by atoms with Crippen LogP contribution in [0.15, 0.2) is 41.3 Å². The van der Waals surface area contributed by atoms with E-state index in [9.17, 15) is 31.5 Å². The number of aromatic hydroxyl groups is 1. The molecule has 15 heteroatoms. The lowest BCUT2D eigenvalue weighted by molar-refractivity contribution is -0.192. The maximum atomic E-state index is 12.6. The minimum Gasteiger partial charge on any atom is -0.507 e. The van der Waals surface area contributed by atoms with Crippen LogP contribution in [-0.4, -0.2) is 81.1 Å². The number of carboxylic acids is 1. The van der Waals surface area contributed by atoms with Gasteiger partial charge in [0.2, 0.25) is 0 Å². The highest BCUT2D eigenvalue weighted by atomic mass is 35.5. The van der Waals surface area contributed by atoms with Crippen LogP contribution in [0, 0.1) is 0 Å². The van der Waals surface area contributed by atoms with Crippen molar-refractivity contribution in [1.82, 2.24) is 4.90 Å². The Balaban J connectivity index is 0.000000638. The van der Waals surface area contributed by atoms with Gasteiger partial charge in [-0.05, 0) is 42.3 Å². The summed E-state index contributed by atoms with van der Waals surface area (Å²) in [6.07, 6.45) is -4.41. The summed E-state index contributed by atoms with van der Waals surface area (Å²) in [5.41, 5.74) is 0.302. The average Bonchev–Trinajstić information content (AvgIpc) is 2.81. The maximum Gasteiger partial charge on any atom is 0.490 e. The molecule has 210 valence electrons. The standard InChI is InChI=1S/C21H23Cl2NO6S.C2HF3O2/c22-16-11-17(23)13-18(12-16)31(27,28)14-15-2-3-19(20(25)10-15)21(26)30-7-1-4-24-5-8-29-9-6-24;3-2(4,5)1(6)7/h2-3,10-13,25H,1,4-9,14H2;(H,6,7). The van der Waals surface area contributed by atoms with Crippen molar-refractivity contribution < 1.29 is 50.9 Å². The molecule has 0 unspecified atom stereocenters. The third kappa shape index (κ3) is 10.3. The normalized spacial score (nSPS) is 14.3. The first kappa shape index (κ1) is 31.6. The molecule has 0 atom stereocenters. The molecule has 0 amide bonds. The third-order valence-corrected chi connectivity index (χ3v) is 7.14. The highest BCUT2D eigenvalue weighted by Crippen LogP contribution is 2.27. The van der Waals surface area contributed by atoms with Crippen LogP contribution < -0.4 is 0 Å². The van der Waals surface area contributed by atoms with E-state index in [1.165, 1.54) is 36.4 Å². The molecular formula is C23H24Cl2F3NO8S. The molecule has 0 aromatic heterocycles. The molecule has 1 aliphatic rings. The van der Waals surface area contributed by atoms with Crippen molar-refractivity contribution in [2.24, 2.45) is 0 Å². The van der Waals surface area contributed by atoms with Gasteiger partial charge >= 0.3 is 18.1 Å². The highest BCUT2D eigenvalue weighted by molar-refractivity contribution is 7.90. The van der Waals surface area contributed by atoms with Crippen molar-refractivity contribution in [2.45, 2.75) is 23.2 Å². The Hall–Kier alpha value is -2.58. The van der Waals surface area contributed by atoms with Crippen LogP contribution in [0.3, 0.4) is 0 Å². The van der Waals surface area contributed by atoms with Gasteiger partial charge < -0.3 is 19.7 Å². The van der Waals surface area contributed by atoms with Gasteiger partial charge in [-0.1, -0.05) is 29.3 Å². The molecule has 1 heterocycles. The number of phenols is 1. The van der Waals surface area contributed by atoms with Crippen molar-refractivity contribution >= 4 is 45.0 Å². The predicted molar refractivity (Wildman–Crippen MR) is 131 cm³/mol. The summed E-state index contributed by atoms with van der Waals surface area (Å²) < 4.78 is 67.5. The van der Waals surface area contributed by atoms with Crippen molar-refractivity contribution in [3.05, 3.63) is 57.6 Å². The zero-order chi connectivity index (χ0) is 28.5. The first-order chi connectivity index (χ1) is 17.7. The zero-order valence-electron chi connectivity index (χ0n) is 19.7. The Morgan fingerprint density at radius 2 is 1.63 bits per heavy atom. The summed E-state index contributed by atoms with van der Waals surface area (Å²) in [7, 11) is -3.75. The van der Waals surface area contributed by atoms with E-state index in [0.29, 0.717) is 25.2 Å². The van der Waals surface area contributed by atoms with E-state index < -0.39 is 28.0 Å². The van der Waals surface area contributed by atoms with Gasteiger partial charge in [0.05, 0.1) is 30.5 Å². The van der Waals surface area contributed by atoms with Crippen LogP contribution in [0.1, 0.15) is 22.3 Å². The fraction of sp³-hybridized carbons (Fsp3) is 0.391. The summed E-state index contributed by atoms with van der Waals surface area (Å²) >= 11 is 11.8. The SMILES string of the molecule is O=C(O)C(F)(F)F.O=C(OCCCN1CCOCC1)c1ccc(CS(=O)(=O)c2cc(Cl)cc(Cl)c2)cc1O. The molecule has 2 N–H and O–H groups in total. The quantitative estimate of drug-likeness (QED) is 0.338. The van der Waals surface area contributed by atoms with E-state index in [4.69, 9.17) is 42.6 Å². The number of nitrogens with zero attached hydrogens (tertiary/aromatic N) is 1. The molecule has 1 fully saturated rings. The monoisotopic (exact) mass is 601 g/mol. The Morgan fingerprint density at radius 1 is 1.05 bits per heavy atom. The molecule has 2 aromatic carbocycles. The number of halogens is 5. The molecule has 0 saturated carbocycles. The third-order valence-electron chi connectivity index (χ3n) is 5.03. The van der Waals surface area contributed by atoms with Gasteiger partial charge in [-0.3, -0.25) is 4.90 Å². The number of hydrogen-bond donors (Lipinski definition) is 2. The number of carboxylic acid groups (broad SMARTS) is 1. The number of hydrogen-bond acceptors (Lipinski definition) is 8.